The van der Waals surface area contributed by atoms with Gasteiger partial charge in [-0.05, 0) is 19.8 Å². The summed E-state index contributed by atoms with van der Waals surface area (Å²) in [5, 5.41) is 9.42. The van der Waals surface area contributed by atoms with Crippen LogP contribution in [0.5, 0.6) is 0 Å². The smallest absolute Gasteiger partial charge is 0.308 e. The van der Waals surface area contributed by atoms with Gasteiger partial charge in [0.25, 0.3) is 0 Å². The van der Waals surface area contributed by atoms with E-state index in [1.54, 1.807) is 11.8 Å². The number of nitrogens with zero attached hydrogens (tertiary/aromatic N) is 1. The number of rotatable bonds is 5. The van der Waals surface area contributed by atoms with Crippen LogP contribution >= 0.6 is 11.8 Å². The molecule has 110 valence electrons. The fraction of sp³-hybridized carbons (Fsp3) is 0.846. The minimum absolute atomic E-state index is 0.0524. The number of aliphatic hydroxyl groups excluding tert-OH is 1. The van der Waals surface area contributed by atoms with Gasteiger partial charge in [0.1, 0.15) is 0 Å². The van der Waals surface area contributed by atoms with Gasteiger partial charge >= 0.3 is 5.97 Å². The molecule has 1 amide bonds. The van der Waals surface area contributed by atoms with E-state index in [1.165, 1.54) is 18.9 Å². The van der Waals surface area contributed by atoms with Crippen LogP contribution in [0.4, 0.5) is 0 Å². The summed E-state index contributed by atoms with van der Waals surface area (Å²) >= 11 is 1.47. The largest absolute Gasteiger partial charge is 0.469 e. The zero-order valence-electron chi connectivity index (χ0n) is 11.8. The summed E-state index contributed by atoms with van der Waals surface area (Å²) in [4.78, 5) is 25.1. The second-order valence-electron chi connectivity index (χ2n) is 4.93. The minimum atomic E-state index is -0.414. The molecule has 0 bridgehead atoms. The number of hydrogen-bond acceptors (Lipinski definition) is 5. The molecule has 1 heterocycles. The van der Waals surface area contributed by atoms with Crippen molar-refractivity contribution in [2.45, 2.75) is 38.0 Å². The molecule has 0 aromatic carbocycles. The average molecular weight is 289 g/mol. The first-order valence-corrected chi connectivity index (χ1v) is 7.65. The Balaban J connectivity index is 2.31. The van der Waals surface area contributed by atoms with Gasteiger partial charge in [-0.25, -0.2) is 0 Å². The van der Waals surface area contributed by atoms with E-state index in [9.17, 15) is 14.7 Å². The lowest BCUT2D eigenvalue weighted by atomic mass is 9.97. The van der Waals surface area contributed by atoms with Gasteiger partial charge in [-0.2, -0.15) is 0 Å². The molecule has 5 nitrogen and oxygen atoms in total. The molecule has 1 rings (SSSR count). The van der Waals surface area contributed by atoms with E-state index in [0.717, 1.165) is 0 Å². The third-order valence-corrected chi connectivity index (χ3v) is 4.86. The number of ether oxygens (including phenoxy) is 1. The molecule has 2 atom stereocenters. The summed E-state index contributed by atoms with van der Waals surface area (Å²) in [5.74, 6) is 0.220. The number of piperidine rings is 1. The molecule has 19 heavy (non-hydrogen) atoms. The predicted molar refractivity (Wildman–Crippen MR) is 74.9 cm³/mol. The highest BCUT2D eigenvalue weighted by molar-refractivity contribution is 8.00. The SMILES string of the molecule is COC(=O)C1CCN(C(=O)CSC(C)C(C)O)CC1. The first-order valence-electron chi connectivity index (χ1n) is 6.61. The van der Waals surface area contributed by atoms with Crippen LogP contribution < -0.4 is 0 Å². The second-order valence-corrected chi connectivity index (χ2v) is 6.30. The lowest BCUT2D eigenvalue weighted by Crippen LogP contribution is -2.41. The van der Waals surface area contributed by atoms with E-state index < -0.39 is 6.10 Å². The van der Waals surface area contributed by atoms with E-state index in [-0.39, 0.29) is 23.0 Å². The van der Waals surface area contributed by atoms with Crippen molar-refractivity contribution in [2.75, 3.05) is 26.0 Å². The Morgan fingerprint density at radius 3 is 2.42 bits per heavy atom. The lowest BCUT2D eigenvalue weighted by molar-refractivity contribution is -0.148. The number of hydrogen-bond donors (Lipinski definition) is 1. The number of esters is 1. The zero-order chi connectivity index (χ0) is 14.4. The van der Waals surface area contributed by atoms with Crippen LogP contribution in [0.2, 0.25) is 0 Å². The molecule has 1 saturated heterocycles. The number of carbonyl (C=O) groups is 2. The van der Waals surface area contributed by atoms with E-state index in [4.69, 9.17) is 4.74 Å². The van der Waals surface area contributed by atoms with Gasteiger partial charge in [0, 0.05) is 18.3 Å². The number of amides is 1. The monoisotopic (exact) mass is 289 g/mol. The van der Waals surface area contributed by atoms with E-state index in [2.05, 4.69) is 0 Å². The van der Waals surface area contributed by atoms with E-state index in [1.807, 2.05) is 6.92 Å². The molecule has 1 fully saturated rings. The summed E-state index contributed by atoms with van der Waals surface area (Å²) in [6.07, 6.45) is 0.937. The van der Waals surface area contributed by atoms with Gasteiger partial charge < -0.3 is 14.7 Å². The third-order valence-electron chi connectivity index (χ3n) is 3.53. The summed E-state index contributed by atoms with van der Waals surface area (Å²) < 4.78 is 4.72. The van der Waals surface area contributed by atoms with Crippen LogP contribution in [0.25, 0.3) is 0 Å². The third kappa shape index (κ3) is 5.03. The quantitative estimate of drug-likeness (QED) is 0.762. The van der Waals surface area contributed by atoms with Crippen molar-refractivity contribution in [3.63, 3.8) is 0 Å². The summed E-state index contributed by atoms with van der Waals surface area (Å²) in [6.45, 7) is 4.86. The Kier molecular flexibility index (Phi) is 6.65. The fourth-order valence-electron chi connectivity index (χ4n) is 1.96. The maximum atomic E-state index is 12.0. The van der Waals surface area contributed by atoms with Crippen molar-refractivity contribution < 1.29 is 19.4 Å². The molecule has 0 radical (unpaired) electrons. The first kappa shape index (κ1) is 16.3. The molecule has 0 spiro atoms. The number of likely N-dealkylation sites (tertiary alicyclic amines) is 1. The minimum Gasteiger partial charge on any atom is -0.469 e. The molecule has 1 N–H and O–H groups in total. The van der Waals surface area contributed by atoms with Gasteiger partial charge in [0.15, 0.2) is 0 Å². The van der Waals surface area contributed by atoms with Crippen LogP contribution in [0, 0.1) is 5.92 Å². The zero-order valence-corrected chi connectivity index (χ0v) is 12.6. The van der Waals surface area contributed by atoms with Gasteiger partial charge in [0.2, 0.25) is 5.91 Å². The van der Waals surface area contributed by atoms with Crippen LogP contribution in [-0.2, 0) is 14.3 Å². The maximum absolute atomic E-state index is 12.0. The van der Waals surface area contributed by atoms with Crippen molar-refractivity contribution in [3.8, 4) is 0 Å². The Morgan fingerprint density at radius 2 is 1.95 bits per heavy atom. The number of aliphatic hydroxyl groups is 1. The predicted octanol–water partition coefficient (Wildman–Crippen LogP) is 0.900. The van der Waals surface area contributed by atoms with Crippen LogP contribution in [0.3, 0.4) is 0 Å². The molecule has 0 aromatic rings. The highest BCUT2D eigenvalue weighted by atomic mass is 32.2. The highest BCUT2D eigenvalue weighted by Gasteiger charge is 2.28. The van der Waals surface area contributed by atoms with E-state index in [0.29, 0.717) is 31.7 Å². The maximum Gasteiger partial charge on any atom is 0.308 e. The van der Waals surface area contributed by atoms with Gasteiger partial charge in [0.05, 0.1) is 24.9 Å². The lowest BCUT2D eigenvalue weighted by Gasteiger charge is -2.31. The first-order chi connectivity index (χ1) is 8.95. The van der Waals surface area contributed by atoms with Crippen molar-refractivity contribution in [3.05, 3.63) is 0 Å². The Labute approximate surface area is 118 Å². The molecule has 0 aromatic heterocycles. The molecule has 0 saturated carbocycles. The second kappa shape index (κ2) is 7.75. The summed E-state index contributed by atoms with van der Waals surface area (Å²) in [6, 6.07) is 0. The number of thioether (sulfide) groups is 1. The molecular formula is C13H23NO4S. The Morgan fingerprint density at radius 1 is 1.37 bits per heavy atom. The fourth-order valence-corrected chi connectivity index (χ4v) is 2.83. The normalized spacial score (nSPS) is 19.9. The standard InChI is InChI=1S/C13H23NO4S/c1-9(15)10(2)19-8-12(16)14-6-4-11(5-7-14)13(17)18-3/h9-11,15H,4-8H2,1-3H3. The van der Waals surface area contributed by atoms with Crippen molar-refractivity contribution in [2.24, 2.45) is 5.92 Å². The molecule has 1 aliphatic rings. The Hall–Kier alpha value is -0.750. The molecular weight excluding hydrogens is 266 g/mol. The summed E-state index contributed by atoms with van der Waals surface area (Å²) in [7, 11) is 1.40. The van der Waals surface area contributed by atoms with Gasteiger partial charge in [-0.3, -0.25) is 9.59 Å². The van der Waals surface area contributed by atoms with Gasteiger partial charge in [-0.15, -0.1) is 11.8 Å². The van der Waals surface area contributed by atoms with Crippen LogP contribution in [0.15, 0.2) is 0 Å². The molecule has 0 aliphatic carbocycles. The highest BCUT2D eigenvalue weighted by Crippen LogP contribution is 2.20. The molecule has 1 aliphatic heterocycles. The van der Waals surface area contributed by atoms with Crippen molar-refractivity contribution in [1.82, 2.24) is 4.90 Å². The average Bonchev–Trinajstić information content (AvgIpc) is 2.43. The van der Waals surface area contributed by atoms with Crippen LogP contribution in [0.1, 0.15) is 26.7 Å². The van der Waals surface area contributed by atoms with Gasteiger partial charge in [-0.1, -0.05) is 6.92 Å². The summed E-state index contributed by atoms with van der Waals surface area (Å²) in [5.41, 5.74) is 0. The molecule has 6 heteroatoms. The van der Waals surface area contributed by atoms with E-state index >= 15 is 0 Å². The van der Waals surface area contributed by atoms with Crippen LogP contribution in [-0.4, -0.2) is 59.2 Å². The van der Waals surface area contributed by atoms with Crippen molar-refractivity contribution in [1.29, 1.82) is 0 Å². The van der Waals surface area contributed by atoms with Crippen molar-refractivity contribution >= 4 is 23.6 Å². The molecule has 2 unspecified atom stereocenters. The number of methoxy groups -OCH3 is 1. The topological polar surface area (TPSA) is 66.8 Å². The number of carbonyl (C=O) groups excluding carboxylic acids is 2. The Bertz CT molecular complexity index is 314.